The van der Waals surface area contributed by atoms with E-state index < -0.39 is 0 Å². The van der Waals surface area contributed by atoms with E-state index in [1.54, 1.807) is 0 Å². The summed E-state index contributed by atoms with van der Waals surface area (Å²) in [5, 5.41) is 0. The van der Waals surface area contributed by atoms with Crippen LogP contribution >= 0.6 is 0 Å². The van der Waals surface area contributed by atoms with Crippen LogP contribution in [0.15, 0.2) is 24.5 Å². The molecule has 0 aromatic carbocycles. The van der Waals surface area contributed by atoms with E-state index in [0.29, 0.717) is 0 Å². The molecule has 0 amide bonds. The molecular formula is C18H32ClN. The summed E-state index contributed by atoms with van der Waals surface area (Å²) in [5.74, 6) is 0. The summed E-state index contributed by atoms with van der Waals surface area (Å²) in [4.78, 5) is 0. The zero-order valence-corrected chi connectivity index (χ0v) is 14.2. The molecule has 0 N–H and O–H groups in total. The Morgan fingerprint density at radius 2 is 1.20 bits per heavy atom. The molecule has 20 heavy (non-hydrogen) atoms. The largest absolute Gasteiger partial charge is 1.00 e. The molecule has 0 spiro atoms. The van der Waals surface area contributed by atoms with Gasteiger partial charge in [-0.25, -0.2) is 4.57 Å². The zero-order valence-electron chi connectivity index (χ0n) is 13.4. The Labute approximate surface area is 132 Å². The minimum atomic E-state index is 0. The number of hydrogen-bond donors (Lipinski definition) is 0. The van der Waals surface area contributed by atoms with Gasteiger partial charge in [-0.05, 0) is 18.9 Å². The van der Waals surface area contributed by atoms with Gasteiger partial charge in [0.1, 0.15) is 6.54 Å². The Bertz CT molecular complexity index is 308. The maximum Gasteiger partial charge on any atom is 0.169 e. The normalized spacial score (nSPS) is 10.3. The first-order valence-corrected chi connectivity index (χ1v) is 8.28. The Morgan fingerprint density at radius 1 is 0.750 bits per heavy atom. The Kier molecular flexibility index (Phi) is 13.0. The number of unbranched alkanes of at least 4 members (excludes halogenated alkanes) is 9. The van der Waals surface area contributed by atoms with Crippen molar-refractivity contribution in [2.75, 3.05) is 0 Å². The fraction of sp³-hybridized carbons (Fsp3) is 0.722. The van der Waals surface area contributed by atoms with Crippen LogP contribution in [0.4, 0.5) is 0 Å². The van der Waals surface area contributed by atoms with Gasteiger partial charge in [-0.3, -0.25) is 0 Å². The van der Waals surface area contributed by atoms with E-state index in [2.05, 4.69) is 42.9 Å². The zero-order chi connectivity index (χ0) is 13.8. The fourth-order valence-electron chi connectivity index (χ4n) is 2.46. The molecule has 1 aromatic heterocycles. The van der Waals surface area contributed by atoms with E-state index >= 15 is 0 Å². The molecule has 0 radical (unpaired) electrons. The molecular weight excluding hydrogens is 266 g/mol. The van der Waals surface area contributed by atoms with Crippen molar-refractivity contribution in [2.45, 2.75) is 84.6 Å². The Balaban J connectivity index is 0.00000361. The highest BCUT2D eigenvalue weighted by Crippen LogP contribution is 2.10. The number of hydrogen-bond acceptors (Lipinski definition) is 0. The second-order valence-electron chi connectivity index (χ2n) is 5.80. The van der Waals surface area contributed by atoms with E-state index in [0.717, 1.165) is 0 Å². The van der Waals surface area contributed by atoms with Crippen molar-refractivity contribution in [1.29, 1.82) is 0 Å². The molecule has 1 heterocycles. The number of halogens is 1. The molecule has 2 heteroatoms. The van der Waals surface area contributed by atoms with Crippen molar-refractivity contribution in [1.82, 2.24) is 0 Å². The highest BCUT2D eigenvalue weighted by molar-refractivity contribution is 5.03. The lowest BCUT2D eigenvalue weighted by atomic mass is 10.1. The quantitative estimate of drug-likeness (QED) is 0.435. The number of aromatic nitrogens is 1. The molecule has 1 nitrogen and oxygen atoms in total. The van der Waals surface area contributed by atoms with Gasteiger partial charge in [0.25, 0.3) is 0 Å². The summed E-state index contributed by atoms with van der Waals surface area (Å²) in [6.07, 6.45) is 18.5. The minimum Gasteiger partial charge on any atom is -1.00 e. The number of rotatable bonds is 11. The summed E-state index contributed by atoms with van der Waals surface area (Å²) in [7, 11) is 0. The van der Waals surface area contributed by atoms with E-state index in [9.17, 15) is 0 Å². The van der Waals surface area contributed by atoms with Gasteiger partial charge in [0.2, 0.25) is 0 Å². The summed E-state index contributed by atoms with van der Waals surface area (Å²) in [6, 6.07) is 4.38. The van der Waals surface area contributed by atoms with Crippen LogP contribution in [0.25, 0.3) is 0 Å². The first-order valence-electron chi connectivity index (χ1n) is 8.28. The minimum absolute atomic E-state index is 0. The van der Waals surface area contributed by atoms with Gasteiger partial charge in [-0.2, -0.15) is 0 Å². The van der Waals surface area contributed by atoms with Crippen LogP contribution in [-0.2, 0) is 6.54 Å². The molecule has 0 saturated carbocycles. The topological polar surface area (TPSA) is 3.88 Å². The fourth-order valence-corrected chi connectivity index (χ4v) is 2.46. The number of nitrogens with zero attached hydrogens (tertiary/aromatic N) is 1. The number of pyridine rings is 1. The molecule has 0 bridgehead atoms. The lowest BCUT2D eigenvalue weighted by Gasteiger charge is -2.01. The van der Waals surface area contributed by atoms with Crippen molar-refractivity contribution in [3.05, 3.63) is 30.1 Å². The molecule has 0 fully saturated rings. The molecule has 1 rings (SSSR count). The lowest BCUT2D eigenvalue weighted by molar-refractivity contribution is -0.697. The molecule has 0 unspecified atom stereocenters. The molecule has 0 saturated heterocycles. The van der Waals surface area contributed by atoms with Gasteiger partial charge in [-0.15, -0.1) is 0 Å². The first-order chi connectivity index (χ1) is 9.33. The second-order valence-corrected chi connectivity index (χ2v) is 5.80. The van der Waals surface area contributed by atoms with Crippen molar-refractivity contribution in [2.24, 2.45) is 0 Å². The van der Waals surface area contributed by atoms with Crippen LogP contribution in [0.1, 0.15) is 76.7 Å². The van der Waals surface area contributed by atoms with E-state index in [1.807, 2.05) is 0 Å². The highest BCUT2D eigenvalue weighted by Gasteiger charge is 1.99. The summed E-state index contributed by atoms with van der Waals surface area (Å²) in [6.45, 7) is 5.60. The molecule has 0 aliphatic carbocycles. The Hall–Kier alpha value is -0.560. The average Bonchev–Trinajstić information content (AvgIpc) is 2.43. The van der Waals surface area contributed by atoms with Crippen LogP contribution in [0.3, 0.4) is 0 Å². The van der Waals surface area contributed by atoms with Crippen molar-refractivity contribution < 1.29 is 17.0 Å². The van der Waals surface area contributed by atoms with Crippen molar-refractivity contribution >= 4 is 0 Å². The molecule has 0 aliphatic heterocycles. The van der Waals surface area contributed by atoms with Gasteiger partial charge < -0.3 is 12.4 Å². The van der Waals surface area contributed by atoms with Crippen LogP contribution < -0.4 is 17.0 Å². The monoisotopic (exact) mass is 297 g/mol. The maximum atomic E-state index is 2.30. The SMILES string of the molecule is CCCCCCCCCCCC[n+]1ccc(C)cc1.[Cl-]. The second kappa shape index (κ2) is 13.4. The standard InChI is InChI=1S/C18H32N.ClH/c1-3-4-5-6-7-8-9-10-11-12-15-19-16-13-18(2)14-17-19;/h13-14,16-17H,3-12,15H2,1-2H3;1H/q+1;/p-1. The van der Waals surface area contributed by atoms with E-state index in [4.69, 9.17) is 0 Å². The third-order valence-electron chi connectivity index (χ3n) is 3.83. The predicted octanol–water partition coefficient (Wildman–Crippen LogP) is 2.21. The summed E-state index contributed by atoms with van der Waals surface area (Å²) < 4.78 is 2.30. The van der Waals surface area contributed by atoms with Crippen LogP contribution in [0, 0.1) is 6.92 Å². The molecule has 0 atom stereocenters. The van der Waals surface area contributed by atoms with Gasteiger partial charge in [0, 0.05) is 18.6 Å². The Morgan fingerprint density at radius 3 is 1.70 bits per heavy atom. The maximum absolute atomic E-state index is 2.30. The molecule has 116 valence electrons. The summed E-state index contributed by atoms with van der Waals surface area (Å²) >= 11 is 0. The predicted molar refractivity (Wildman–Crippen MR) is 83.2 cm³/mol. The van der Waals surface area contributed by atoms with Gasteiger partial charge in [0.15, 0.2) is 12.4 Å². The smallest absolute Gasteiger partial charge is 0.169 e. The van der Waals surface area contributed by atoms with Crippen molar-refractivity contribution in [3.63, 3.8) is 0 Å². The van der Waals surface area contributed by atoms with Crippen LogP contribution in [0.5, 0.6) is 0 Å². The first kappa shape index (κ1) is 19.4. The molecule has 1 aromatic rings. The summed E-state index contributed by atoms with van der Waals surface area (Å²) in [5.41, 5.74) is 1.35. The third-order valence-corrected chi connectivity index (χ3v) is 3.83. The van der Waals surface area contributed by atoms with Gasteiger partial charge in [-0.1, -0.05) is 58.3 Å². The lowest BCUT2D eigenvalue weighted by Crippen LogP contribution is -3.00. The van der Waals surface area contributed by atoms with Crippen molar-refractivity contribution in [3.8, 4) is 0 Å². The average molecular weight is 298 g/mol. The highest BCUT2D eigenvalue weighted by atomic mass is 35.5. The number of aryl methyl sites for hydroxylation is 2. The van der Waals surface area contributed by atoms with Crippen LogP contribution in [0.2, 0.25) is 0 Å². The van der Waals surface area contributed by atoms with Gasteiger partial charge >= 0.3 is 0 Å². The van der Waals surface area contributed by atoms with Crippen LogP contribution in [-0.4, -0.2) is 0 Å². The van der Waals surface area contributed by atoms with E-state index in [-0.39, 0.29) is 12.4 Å². The van der Waals surface area contributed by atoms with E-state index in [1.165, 1.54) is 76.3 Å². The third kappa shape index (κ3) is 10.3. The molecule has 0 aliphatic rings. The van der Waals surface area contributed by atoms with Gasteiger partial charge in [0.05, 0.1) is 0 Å².